The summed E-state index contributed by atoms with van der Waals surface area (Å²) in [7, 11) is 0. The monoisotopic (exact) mass is 159 g/mol. The lowest BCUT2D eigenvalue weighted by molar-refractivity contribution is -0.138. The van der Waals surface area contributed by atoms with Crippen molar-refractivity contribution in [2.75, 3.05) is 0 Å². The van der Waals surface area contributed by atoms with Gasteiger partial charge in [0.2, 0.25) is 5.16 Å². The molecule has 0 spiro atoms. The van der Waals surface area contributed by atoms with E-state index in [-0.39, 0.29) is 11.7 Å². The van der Waals surface area contributed by atoms with Crippen molar-refractivity contribution in [3.8, 4) is 0 Å². The molecule has 1 heterocycles. The fourth-order valence-corrected chi connectivity index (χ4v) is 0.561. The zero-order valence-electron chi connectivity index (χ0n) is 4.76. The standard InChI is InChI=1S/C3H3N4O2S/c8-2(9)1-7-3(10)4-5-6-7/h1H2,(H,8,9). The quantitative estimate of drug-likeness (QED) is 0.618. The van der Waals surface area contributed by atoms with Crippen LogP contribution in [-0.4, -0.2) is 31.3 Å². The number of nitrogens with zero attached hydrogens (tertiary/aromatic N) is 4. The second-order valence-corrected chi connectivity index (χ2v) is 1.88. The summed E-state index contributed by atoms with van der Waals surface area (Å²) < 4.78 is 1.03. The average Bonchev–Trinajstić information content (AvgIpc) is 2.15. The predicted molar refractivity (Wildman–Crippen MR) is 31.3 cm³/mol. The maximum atomic E-state index is 10.1. The Morgan fingerprint density at radius 1 is 1.80 bits per heavy atom. The summed E-state index contributed by atoms with van der Waals surface area (Å²) in [5.41, 5.74) is 0. The van der Waals surface area contributed by atoms with Crippen LogP contribution in [-0.2, 0) is 11.3 Å². The van der Waals surface area contributed by atoms with E-state index < -0.39 is 5.97 Å². The molecule has 1 radical (unpaired) electrons. The average molecular weight is 159 g/mol. The van der Waals surface area contributed by atoms with Crippen molar-refractivity contribution >= 4 is 18.6 Å². The maximum absolute atomic E-state index is 10.1. The summed E-state index contributed by atoms with van der Waals surface area (Å²) in [4.78, 5) is 10.1. The number of aromatic nitrogens is 4. The van der Waals surface area contributed by atoms with Crippen LogP contribution in [0.1, 0.15) is 0 Å². The predicted octanol–water partition coefficient (Wildman–Crippen LogP) is -0.686. The highest BCUT2D eigenvalue weighted by Gasteiger charge is 2.04. The van der Waals surface area contributed by atoms with Gasteiger partial charge in [0.05, 0.1) is 0 Å². The second kappa shape index (κ2) is 2.56. The van der Waals surface area contributed by atoms with Gasteiger partial charge in [-0.25, -0.2) is 4.68 Å². The van der Waals surface area contributed by atoms with Crippen LogP contribution in [0.5, 0.6) is 0 Å². The maximum Gasteiger partial charge on any atom is 0.325 e. The molecule has 0 saturated heterocycles. The highest BCUT2D eigenvalue weighted by molar-refractivity contribution is 7.80. The molecular weight excluding hydrogens is 156 g/mol. The molecule has 53 valence electrons. The molecule has 0 aliphatic carbocycles. The van der Waals surface area contributed by atoms with Crippen molar-refractivity contribution in [2.24, 2.45) is 0 Å². The van der Waals surface area contributed by atoms with E-state index in [1.807, 2.05) is 0 Å². The van der Waals surface area contributed by atoms with E-state index in [9.17, 15) is 4.79 Å². The van der Waals surface area contributed by atoms with Crippen LogP contribution < -0.4 is 0 Å². The third-order valence-corrected chi connectivity index (χ3v) is 1.08. The third-order valence-electron chi connectivity index (χ3n) is 0.784. The molecule has 0 aromatic carbocycles. The Bertz CT molecular complexity index is 246. The minimum Gasteiger partial charge on any atom is -0.480 e. The third kappa shape index (κ3) is 1.38. The van der Waals surface area contributed by atoms with Crippen LogP contribution in [0.15, 0.2) is 5.16 Å². The fourth-order valence-electron chi connectivity index (χ4n) is 0.424. The lowest BCUT2D eigenvalue weighted by Gasteiger charge is -1.91. The molecule has 0 atom stereocenters. The van der Waals surface area contributed by atoms with Crippen molar-refractivity contribution in [3.05, 3.63) is 0 Å². The highest BCUT2D eigenvalue weighted by atomic mass is 32.1. The zero-order valence-corrected chi connectivity index (χ0v) is 5.58. The molecule has 0 amide bonds. The van der Waals surface area contributed by atoms with E-state index in [2.05, 4.69) is 28.2 Å². The Labute approximate surface area is 61.3 Å². The Balaban J connectivity index is 2.74. The molecule has 1 aromatic heterocycles. The largest absolute Gasteiger partial charge is 0.480 e. The van der Waals surface area contributed by atoms with E-state index in [0.717, 1.165) is 4.68 Å². The molecular formula is C3H3N4O2S. The van der Waals surface area contributed by atoms with Gasteiger partial charge in [0.25, 0.3) is 0 Å². The Morgan fingerprint density at radius 2 is 2.50 bits per heavy atom. The number of rotatable bonds is 2. The van der Waals surface area contributed by atoms with E-state index in [1.54, 1.807) is 0 Å². The summed E-state index contributed by atoms with van der Waals surface area (Å²) in [6.07, 6.45) is 0. The van der Waals surface area contributed by atoms with E-state index in [4.69, 9.17) is 5.11 Å². The van der Waals surface area contributed by atoms with E-state index in [0.29, 0.717) is 0 Å². The van der Waals surface area contributed by atoms with E-state index >= 15 is 0 Å². The Hall–Kier alpha value is -1.24. The Kier molecular flexibility index (Phi) is 1.76. The number of hydrogen-bond donors (Lipinski definition) is 1. The summed E-state index contributed by atoms with van der Waals surface area (Å²) in [5, 5.41) is 18.2. The van der Waals surface area contributed by atoms with Crippen molar-refractivity contribution < 1.29 is 9.90 Å². The first-order chi connectivity index (χ1) is 4.70. The minimum atomic E-state index is -1.02. The first kappa shape index (κ1) is 6.87. The first-order valence-corrected chi connectivity index (χ1v) is 2.76. The molecule has 10 heavy (non-hydrogen) atoms. The van der Waals surface area contributed by atoms with Gasteiger partial charge in [0.1, 0.15) is 6.54 Å². The molecule has 0 fully saturated rings. The number of tetrazole rings is 1. The van der Waals surface area contributed by atoms with Gasteiger partial charge in [-0.2, -0.15) is 0 Å². The van der Waals surface area contributed by atoms with Crippen LogP contribution >= 0.6 is 12.6 Å². The molecule has 7 heteroatoms. The summed E-state index contributed by atoms with van der Waals surface area (Å²) in [6.45, 7) is -0.286. The van der Waals surface area contributed by atoms with Gasteiger partial charge >= 0.3 is 5.97 Å². The smallest absolute Gasteiger partial charge is 0.325 e. The van der Waals surface area contributed by atoms with Crippen molar-refractivity contribution in [3.63, 3.8) is 0 Å². The number of aliphatic carboxylic acids is 1. The van der Waals surface area contributed by atoms with Crippen molar-refractivity contribution in [2.45, 2.75) is 11.7 Å². The lowest BCUT2D eigenvalue weighted by Crippen LogP contribution is -2.10. The molecule has 0 bridgehead atoms. The SMILES string of the molecule is O=C(O)Cn1nnnc1[S]. The van der Waals surface area contributed by atoms with Gasteiger partial charge in [0.15, 0.2) is 0 Å². The molecule has 1 aromatic rings. The number of hydrogen-bond acceptors (Lipinski definition) is 4. The molecule has 0 saturated carbocycles. The van der Waals surface area contributed by atoms with Crippen molar-refractivity contribution in [1.82, 2.24) is 20.2 Å². The second-order valence-electron chi connectivity index (χ2n) is 1.51. The summed E-state index contributed by atoms with van der Waals surface area (Å²) in [6, 6.07) is 0. The summed E-state index contributed by atoms with van der Waals surface area (Å²) >= 11 is 4.57. The normalized spacial score (nSPS) is 9.60. The Morgan fingerprint density at radius 3 is 2.90 bits per heavy atom. The summed E-state index contributed by atoms with van der Waals surface area (Å²) in [5.74, 6) is -1.02. The van der Waals surface area contributed by atoms with Gasteiger partial charge in [-0.3, -0.25) is 4.79 Å². The topological polar surface area (TPSA) is 80.9 Å². The highest BCUT2D eigenvalue weighted by Crippen LogP contribution is 1.95. The van der Waals surface area contributed by atoms with Gasteiger partial charge in [-0.15, -0.1) is 0 Å². The zero-order chi connectivity index (χ0) is 7.56. The van der Waals surface area contributed by atoms with Crippen LogP contribution in [0, 0.1) is 0 Å². The fraction of sp³-hybridized carbons (Fsp3) is 0.333. The molecule has 0 unspecified atom stereocenters. The number of carbonyl (C=O) groups is 1. The van der Waals surface area contributed by atoms with Crippen LogP contribution in [0.2, 0.25) is 0 Å². The van der Waals surface area contributed by atoms with Crippen LogP contribution in [0.25, 0.3) is 0 Å². The van der Waals surface area contributed by atoms with Crippen molar-refractivity contribution in [1.29, 1.82) is 0 Å². The van der Waals surface area contributed by atoms with E-state index in [1.165, 1.54) is 0 Å². The van der Waals surface area contributed by atoms with Gasteiger partial charge in [-0.1, -0.05) is 5.10 Å². The molecule has 6 nitrogen and oxygen atoms in total. The number of carboxylic acid groups (broad SMARTS) is 1. The molecule has 0 aliphatic heterocycles. The van der Waals surface area contributed by atoms with Gasteiger partial charge in [0, 0.05) is 0 Å². The first-order valence-electron chi connectivity index (χ1n) is 2.35. The van der Waals surface area contributed by atoms with Gasteiger partial charge < -0.3 is 5.11 Å². The van der Waals surface area contributed by atoms with Crippen LogP contribution in [0.4, 0.5) is 0 Å². The number of carboxylic acids is 1. The molecule has 0 aliphatic rings. The minimum absolute atomic E-state index is 0.0856. The molecule has 1 N–H and O–H groups in total. The van der Waals surface area contributed by atoms with Crippen LogP contribution in [0.3, 0.4) is 0 Å². The lowest BCUT2D eigenvalue weighted by atomic mass is 10.7. The molecule has 1 rings (SSSR count). The van der Waals surface area contributed by atoms with Gasteiger partial charge in [-0.05, 0) is 23.1 Å².